The fourth-order valence-corrected chi connectivity index (χ4v) is 6.80. The van der Waals surface area contributed by atoms with Crippen LogP contribution in [0.2, 0.25) is 11.1 Å². The summed E-state index contributed by atoms with van der Waals surface area (Å²) >= 11 is 7.94. The van der Waals surface area contributed by atoms with Crippen LogP contribution in [0.1, 0.15) is 53.4 Å². The highest BCUT2D eigenvalue weighted by Gasteiger charge is 2.38. The van der Waals surface area contributed by atoms with E-state index in [1.54, 1.807) is 0 Å². The van der Waals surface area contributed by atoms with Crippen molar-refractivity contribution in [1.82, 2.24) is 0 Å². The Labute approximate surface area is 100 Å². The van der Waals surface area contributed by atoms with Gasteiger partial charge in [0.15, 0.2) is 0 Å². The van der Waals surface area contributed by atoms with E-state index in [4.69, 9.17) is 0 Å². The van der Waals surface area contributed by atoms with Gasteiger partial charge in [-0.05, 0) is 11.1 Å². The van der Waals surface area contributed by atoms with Crippen molar-refractivity contribution in [1.29, 1.82) is 0 Å². The van der Waals surface area contributed by atoms with Gasteiger partial charge in [0.1, 0.15) is 0 Å². The molecule has 80 valence electrons. The van der Waals surface area contributed by atoms with E-state index in [9.17, 15) is 0 Å². The van der Waals surface area contributed by atoms with Gasteiger partial charge in [-0.25, -0.2) is 0 Å². The van der Waals surface area contributed by atoms with Crippen molar-refractivity contribution in [3.8, 4) is 0 Å². The summed E-state index contributed by atoms with van der Waals surface area (Å²) < 4.78 is 0. The molecule has 0 aliphatic carbocycles. The molecular weight excluding hydrogens is 308 g/mol. The Morgan fingerprint density at radius 2 is 1.23 bits per heavy atom. The van der Waals surface area contributed by atoms with Gasteiger partial charge in [0, 0.05) is 0 Å². The van der Waals surface area contributed by atoms with Crippen LogP contribution in [0.4, 0.5) is 0 Å². The number of halogens is 2. The highest BCUT2D eigenvalue weighted by molar-refractivity contribution is 9.51. The van der Waals surface area contributed by atoms with Crippen molar-refractivity contribution in [2.24, 2.45) is 0 Å². The predicted molar refractivity (Wildman–Crippen MR) is 72.3 cm³/mol. The Hall–Kier alpha value is 1.18. The minimum absolute atomic E-state index is 0.832. The summed E-state index contributed by atoms with van der Waals surface area (Å²) in [4.78, 5) is 0. The molecule has 3 heteroatoms. The van der Waals surface area contributed by atoms with E-state index in [1.807, 2.05) is 0 Å². The molecule has 2 atom stereocenters. The summed E-state index contributed by atoms with van der Waals surface area (Å²) in [5.41, 5.74) is 1.66. The topological polar surface area (TPSA) is 0 Å². The SMILES string of the molecule is CCCC(C)[Si](Br)(Br)C(C)CCC. The van der Waals surface area contributed by atoms with Crippen LogP contribution in [0.25, 0.3) is 0 Å². The largest absolute Gasteiger partial charge is 0.206 e. The Bertz CT molecular complexity index is 123. The average Bonchev–Trinajstić information content (AvgIpc) is 2.05. The maximum absolute atomic E-state index is 3.97. The standard InChI is InChI=1S/C10H22Br2Si/c1-5-7-9(3)13(11,12)10(4)8-6-2/h9-10H,5-8H2,1-4H3. The number of hydrogen-bond donors (Lipinski definition) is 0. The lowest BCUT2D eigenvalue weighted by molar-refractivity contribution is 0.709. The molecule has 0 N–H and O–H groups in total. The van der Waals surface area contributed by atoms with Crippen LogP contribution >= 0.6 is 30.6 Å². The van der Waals surface area contributed by atoms with Gasteiger partial charge < -0.3 is 0 Å². The van der Waals surface area contributed by atoms with Gasteiger partial charge >= 0.3 is 0 Å². The molecule has 0 amide bonds. The van der Waals surface area contributed by atoms with Crippen molar-refractivity contribution in [2.45, 2.75) is 64.5 Å². The lowest BCUT2D eigenvalue weighted by atomic mass is 10.3. The summed E-state index contributed by atoms with van der Waals surface area (Å²) in [5, 5.41) is -1.33. The quantitative estimate of drug-likeness (QED) is 0.439. The fourth-order valence-electron chi connectivity index (χ4n) is 1.74. The third-order valence-electron chi connectivity index (χ3n) is 2.76. The van der Waals surface area contributed by atoms with Crippen molar-refractivity contribution in [2.75, 3.05) is 0 Å². The minimum Gasteiger partial charge on any atom is -0.110 e. The van der Waals surface area contributed by atoms with Crippen LogP contribution in [0.5, 0.6) is 0 Å². The molecule has 0 saturated carbocycles. The van der Waals surface area contributed by atoms with Gasteiger partial charge in [-0.2, -0.15) is 0 Å². The molecule has 0 radical (unpaired) electrons. The molecule has 0 bridgehead atoms. The lowest BCUT2D eigenvalue weighted by Gasteiger charge is -2.31. The first-order chi connectivity index (χ1) is 5.96. The van der Waals surface area contributed by atoms with E-state index in [-0.39, 0.29) is 0 Å². The lowest BCUT2D eigenvalue weighted by Crippen LogP contribution is -2.29. The van der Waals surface area contributed by atoms with Crippen LogP contribution in [0.15, 0.2) is 0 Å². The van der Waals surface area contributed by atoms with Crippen molar-refractivity contribution in [3.05, 3.63) is 0 Å². The van der Waals surface area contributed by atoms with Crippen LogP contribution in [-0.2, 0) is 0 Å². The highest BCUT2D eigenvalue weighted by atomic mass is 79.9. The average molecular weight is 330 g/mol. The third kappa shape index (κ3) is 4.48. The van der Waals surface area contributed by atoms with Gasteiger partial charge in [0.25, 0.3) is 0 Å². The molecule has 0 heterocycles. The normalized spacial score (nSPS) is 17.1. The highest BCUT2D eigenvalue weighted by Crippen LogP contribution is 2.46. The van der Waals surface area contributed by atoms with E-state index in [0.717, 1.165) is 11.1 Å². The molecule has 0 aromatic carbocycles. The minimum atomic E-state index is -1.33. The molecule has 0 rings (SSSR count). The van der Waals surface area contributed by atoms with Crippen molar-refractivity contribution >= 4 is 35.9 Å². The number of rotatable bonds is 6. The first-order valence-electron chi connectivity index (χ1n) is 5.34. The summed E-state index contributed by atoms with van der Waals surface area (Å²) in [6.45, 7) is 9.30. The van der Waals surface area contributed by atoms with E-state index in [0.29, 0.717) is 0 Å². The van der Waals surface area contributed by atoms with Gasteiger partial charge in [-0.3, -0.25) is 0 Å². The first-order valence-corrected chi connectivity index (χ1v) is 12.0. The molecule has 0 fully saturated rings. The maximum Gasteiger partial charge on any atom is 0.206 e. The molecule has 0 aromatic rings. The van der Waals surface area contributed by atoms with Crippen LogP contribution in [0, 0.1) is 0 Å². The van der Waals surface area contributed by atoms with E-state index >= 15 is 0 Å². The zero-order valence-corrected chi connectivity index (χ0v) is 13.4. The zero-order chi connectivity index (χ0) is 10.5. The van der Waals surface area contributed by atoms with E-state index in [2.05, 4.69) is 58.3 Å². The van der Waals surface area contributed by atoms with Crippen LogP contribution in [0.3, 0.4) is 0 Å². The van der Waals surface area contributed by atoms with Crippen LogP contribution in [-0.4, -0.2) is 5.31 Å². The Balaban J connectivity index is 4.17. The smallest absolute Gasteiger partial charge is 0.110 e. The predicted octanol–water partition coefficient (Wildman–Crippen LogP) is 5.60. The Morgan fingerprint density at radius 1 is 0.923 bits per heavy atom. The molecular formula is C10H22Br2Si. The third-order valence-corrected chi connectivity index (χ3v) is 15.3. The van der Waals surface area contributed by atoms with Gasteiger partial charge in [0.2, 0.25) is 5.31 Å². The second kappa shape index (κ2) is 6.62. The van der Waals surface area contributed by atoms with Gasteiger partial charge in [-0.1, -0.05) is 53.4 Å². The summed E-state index contributed by atoms with van der Waals surface area (Å²) in [5.74, 6) is 0. The molecule has 0 aliphatic rings. The van der Waals surface area contributed by atoms with Crippen molar-refractivity contribution in [3.63, 3.8) is 0 Å². The summed E-state index contributed by atoms with van der Waals surface area (Å²) in [6, 6.07) is 0. The Kier molecular flexibility index (Phi) is 7.22. The zero-order valence-electron chi connectivity index (χ0n) is 9.24. The molecule has 0 spiro atoms. The van der Waals surface area contributed by atoms with Crippen LogP contribution < -0.4 is 0 Å². The van der Waals surface area contributed by atoms with Gasteiger partial charge in [0.05, 0.1) is 0 Å². The first kappa shape index (κ1) is 14.2. The molecule has 2 unspecified atom stereocenters. The molecule has 0 aromatic heterocycles. The summed E-state index contributed by atoms with van der Waals surface area (Å²) in [7, 11) is 0. The second-order valence-electron chi connectivity index (χ2n) is 4.05. The maximum atomic E-state index is 3.97. The molecule has 0 nitrogen and oxygen atoms in total. The van der Waals surface area contributed by atoms with E-state index in [1.165, 1.54) is 25.7 Å². The van der Waals surface area contributed by atoms with Crippen molar-refractivity contribution < 1.29 is 0 Å². The molecule has 0 saturated heterocycles. The molecule has 0 aliphatic heterocycles. The molecule has 13 heavy (non-hydrogen) atoms. The second-order valence-corrected chi connectivity index (χ2v) is 18.4. The number of hydrogen-bond acceptors (Lipinski definition) is 0. The van der Waals surface area contributed by atoms with E-state index < -0.39 is 5.31 Å². The summed E-state index contributed by atoms with van der Waals surface area (Å²) in [6.07, 6.45) is 5.28. The fraction of sp³-hybridized carbons (Fsp3) is 1.00. The monoisotopic (exact) mass is 328 g/mol. The van der Waals surface area contributed by atoms with Gasteiger partial charge in [-0.15, -0.1) is 30.6 Å². The Morgan fingerprint density at radius 3 is 1.46 bits per heavy atom.